The summed E-state index contributed by atoms with van der Waals surface area (Å²) in [6, 6.07) is 5.02. The number of anilines is 1. The quantitative estimate of drug-likeness (QED) is 0.755. The Kier molecular flexibility index (Phi) is 6.68. The predicted octanol–water partition coefficient (Wildman–Crippen LogP) is 2.08. The Morgan fingerprint density at radius 3 is 2.67 bits per heavy atom. The van der Waals surface area contributed by atoms with E-state index >= 15 is 0 Å². The molecule has 0 bridgehead atoms. The Balaban J connectivity index is 2.85. The zero-order chi connectivity index (χ0) is 16.0. The van der Waals surface area contributed by atoms with Crippen molar-refractivity contribution >= 4 is 22.4 Å². The van der Waals surface area contributed by atoms with Gasteiger partial charge in [-0.15, -0.1) is 0 Å². The molecule has 118 valence electrons. The van der Waals surface area contributed by atoms with Crippen LogP contribution in [0.5, 0.6) is 5.75 Å². The predicted molar refractivity (Wildman–Crippen MR) is 85.8 cm³/mol. The number of ether oxygens (including phenoxy) is 1. The highest BCUT2D eigenvalue weighted by Crippen LogP contribution is 2.24. The summed E-state index contributed by atoms with van der Waals surface area (Å²) < 4.78 is 17.6. The fourth-order valence-corrected chi connectivity index (χ4v) is 3.14. The standard InChI is InChI=1S/C15H24N2O3S/c1-5-6-10(2)17-15(18)11(3)21(19)14-9-12(20-4)7-8-13(14)16/h7-11H,5-6,16H2,1-4H3,(H,17,18). The van der Waals surface area contributed by atoms with Crippen molar-refractivity contribution in [3.63, 3.8) is 0 Å². The minimum Gasteiger partial charge on any atom is -0.497 e. The van der Waals surface area contributed by atoms with Crippen LogP contribution in [-0.2, 0) is 15.6 Å². The largest absolute Gasteiger partial charge is 0.497 e. The Labute approximate surface area is 128 Å². The second-order valence-corrected chi connectivity index (χ2v) is 6.78. The fraction of sp³-hybridized carbons (Fsp3) is 0.533. The molecule has 0 aliphatic heterocycles. The Morgan fingerprint density at radius 1 is 1.43 bits per heavy atom. The van der Waals surface area contributed by atoms with Crippen LogP contribution in [0.25, 0.3) is 0 Å². The van der Waals surface area contributed by atoms with E-state index in [0.717, 1.165) is 12.8 Å². The number of benzene rings is 1. The van der Waals surface area contributed by atoms with E-state index < -0.39 is 16.0 Å². The molecule has 1 rings (SSSR count). The van der Waals surface area contributed by atoms with Crippen molar-refractivity contribution in [1.29, 1.82) is 0 Å². The third kappa shape index (κ3) is 4.74. The van der Waals surface area contributed by atoms with E-state index in [9.17, 15) is 9.00 Å². The zero-order valence-electron chi connectivity index (χ0n) is 13.0. The maximum atomic E-state index is 12.5. The molecule has 0 spiro atoms. The average molecular weight is 312 g/mol. The number of amides is 1. The van der Waals surface area contributed by atoms with Gasteiger partial charge in [0.15, 0.2) is 0 Å². The molecule has 0 aliphatic carbocycles. The zero-order valence-corrected chi connectivity index (χ0v) is 13.8. The molecular weight excluding hydrogens is 288 g/mol. The van der Waals surface area contributed by atoms with Crippen LogP contribution >= 0.6 is 0 Å². The van der Waals surface area contributed by atoms with Crippen LogP contribution in [0.15, 0.2) is 23.1 Å². The molecule has 1 aromatic rings. The van der Waals surface area contributed by atoms with Crippen LogP contribution in [0.1, 0.15) is 33.6 Å². The summed E-state index contributed by atoms with van der Waals surface area (Å²) in [5.41, 5.74) is 6.25. The number of nitrogens with two attached hydrogens (primary N) is 1. The van der Waals surface area contributed by atoms with Gasteiger partial charge >= 0.3 is 0 Å². The summed E-state index contributed by atoms with van der Waals surface area (Å²) in [5.74, 6) is 0.344. The highest BCUT2D eigenvalue weighted by atomic mass is 32.2. The highest BCUT2D eigenvalue weighted by molar-refractivity contribution is 7.86. The number of methoxy groups -OCH3 is 1. The van der Waals surface area contributed by atoms with E-state index in [1.165, 1.54) is 7.11 Å². The number of hydrogen-bond donors (Lipinski definition) is 2. The van der Waals surface area contributed by atoms with Gasteiger partial charge in [-0.2, -0.15) is 0 Å². The van der Waals surface area contributed by atoms with Gasteiger partial charge in [0.05, 0.1) is 22.8 Å². The number of carbonyl (C=O) groups is 1. The fourth-order valence-electron chi connectivity index (χ4n) is 1.97. The normalized spacial score (nSPS) is 15.0. The van der Waals surface area contributed by atoms with Gasteiger partial charge in [0.1, 0.15) is 11.0 Å². The Bertz CT molecular complexity index is 520. The molecule has 0 aromatic heterocycles. The third-order valence-electron chi connectivity index (χ3n) is 3.24. The van der Waals surface area contributed by atoms with Crippen molar-refractivity contribution in [2.24, 2.45) is 0 Å². The van der Waals surface area contributed by atoms with Gasteiger partial charge in [0.2, 0.25) is 5.91 Å². The molecule has 0 saturated heterocycles. The van der Waals surface area contributed by atoms with E-state index in [2.05, 4.69) is 12.2 Å². The van der Waals surface area contributed by atoms with Crippen LogP contribution in [0, 0.1) is 0 Å². The topological polar surface area (TPSA) is 81.4 Å². The number of hydrogen-bond acceptors (Lipinski definition) is 4. The van der Waals surface area contributed by atoms with E-state index in [4.69, 9.17) is 10.5 Å². The molecule has 3 unspecified atom stereocenters. The first kappa shape index (κ1) is 17.5. The van der Waals surface area contributed by atoms with Gasteiger partial charge in [0, 0.05) is 11.7 Å². The van der Waals surface area contributed by atoms with Crippen molar-refractivity contribution in [3.05, 3.63) is 18.2 Å². The lowest BCUT2D eigenvalue weighted by molar-refractivity contribution is -0.121. The smallest absolute Gasteiger partial charge is 0.236 e. The summed E-state index contributed by atoms with van der Waals surface area (Å²) >= 11 is 0. The molecule has 0 heterocycles. The molecule has 0 aliphatic rings. The van der Waals surface area contributed by atoms with Gasteiger partial charge < -0.3 is 15.8 Å². The first-order chi connectivity index (χ1) is 9.90. The highest BCUT2D eigenvalue weighted by Gasteiger charge is 2.24. The molecule has 3 N–H and O–H groups in total. The van der Waals surface area contributed by atoms with E-state index in [1.807, 2.05) is 6.92 Å². The maximum absolute atomic E-state index is 12.5. The van der Waals surface area contributed by atoms with Gasteiger partial charge in [0.25, 0.3) is 0 Å². The molecule has 3 atom stereocenters. The molecule has 1 amide bonds. The average Bonchev–Trinajstić information content (AvgIpc) is 2.46. The van der Waals surface area contributed by atoms with Crippen LogP contribution < -0.4 is 15.8 Å². The Hall–Kier alpha value is -1.56. The lowest BCUT2D eigenvalue weighted by atomic mass is 10.2. The summed E-state index contributed by atoms with van der Waals surface area (Å²) in [5, 5.41) is 2.21. The minimum atomic E-state index is -1.52. The van der Waals surface area contributed by atoms with Gasteiger partial charge in [-0.1, -0.05) is 13.3 Å². The van der Waals surface area contributed by atoms with Crippen LogP contribution in [0.3, 0.4) is 0 Å². The molecule has 5 nitrogen and oxygen atoms in total. The second kappa shape index (κ2) is 8.02. The number of nitrogen functional groups attached to an aromatic ring is 1. The van der Waals surface area contributed by atoms with Crippen molar-refractivity contribution in [1.82, 2.24) is 5.32 Å². The first-order valence-corrected chi connectivity index (χ1v) is 8.26. The summed E-state index contributed by atoms with van der Waals surface area (Å²) in [6.45, 7) is 5.64. The summed E-state index contributed by atoms with van der Waals surface area (Å²) in [4.78, 5) is 12.6. The molecule has 0 fully saturated rings. The minimum absolute atomic E-state index is 0.0737. The van der Waals surface area contributed by atoms with E-state index in [-0.39, 0.29) is 11.9 Å². The Morgan fingerprint density at radius 2 is 2.10 bits per heavy atom. The SMILES string of the molecule is CCCC(C)NC(=O)C(C)S(=O)c1cc(OC)ccc1N. The lowest BCUT2D eigenvalue weighted by Crippen LogP contribution is -2.40. The molecule has 21 heavy (non-hydrogen) atoms. The van der Waals surface area contributed by atoms with Crippen molar-refractivity contribution < 1.29 is 13.7 Å². The third-order valence-corrected chi connectivity index (χ3v) is 4.88. The van der Waals surface area contributed by atoms with Crippen LogP contribution in [-0.4, -0.2) is 28.5 Å². The molecular formula is C15H24N2O3S. The molecule has 0 radical (unpaired) electrons. The second-order valence-electron chi connectivity index (χ2n) is 5.04. The van der Waals surface area contributed by atoms with Gasteiger partial charge in [-0.05, 0) is 38.5 Å². The molecule has 0 saturated carbocycles. The number of rotatable bonds is 7. The molecule has 1 aromatic carbocycles. The van der Waals surface area contributed by atoms with Gasteiger partial charge in [-0.25, -0.2) is 0 Å². The van der Waals surface area contributed by atoms with Crippen molar-refractivity contribution in [2.75, 3.05) is 12.8 Å². The maximum Gasteiger partial charge on any atom is 0.236 e. The number of nitrogens with one attached hydrogen (secondary N) is 1. The number of carbonyl (C=O) groups excluding carboxylic acids is 1. The summed E-state index contributed by atoms with van der Waals surface area (Å²) in [7, 11) is 0.00946. The van der Waals surface area contributed by atoms with E-state index in [0.29, 0.717) is 16.3 Å². The summed E-state index contributed by atoms with van der Waals surface area (Å²) in [6.07, 6.45) is 1.88. The van der Waals surface area contributed by atoms with Gasteiger partial charge in [-0.3, -0.25) is 9.00 Å². The first-order valence-electron chi connectivity index (χ1n) is 7.05. The lowest BCUT2D eigenvalue weighted by Gasteiger charge is -2.17. The van der Waals surface area contributed by atoms with Crippen molar-refractivity contribution in [3.8, 4) is 5.75 Å². The monoisotopic (exact) mass is 312 g/mol. The molecule has 6 heteroatoms. The van der Waals surface area contributed by atoms with E-state index in [1.54, 1.807) is 25.1 Å². The van der Waals surface area contributed by atoms with Crippen molar-refractivity contribution in [2.45, 2.75) is 49.8 Å². The van der Waals surface area contributed by atoms with Crippen LogP contribution in [0.2, 0.25) is 0 Å². The van der Waals surface area contributed by atoms with Crippen LogP contribution in [0.4, 0.5) is 5.69 Å².